The Hall–Kier alpha value is -3.03. The summed E-state index contributed by atoms with van der Waals surface area (Å²) in [7, 11) is 2.15. The standard InChI is InChI=1S/C23H23N5OS/c1-15-24-20(14-30-15)16-5-7-17(8-6-16)23(29)25-18-9-10-22-26-19(13-28(22)12-18)21-4-3-11-27(21)2/h5-10,12-14,21H,3-4,11H2,1-2H3,(H,25,29)/t21-/m1/s1. The highest BCUT2D eigenvalue weighted by Crippen LogP contribution is 2.30. The van der Waals surface area contributed by atoms with E-state index in [9.17, 15) is 4.79 Å². The highest BCUT2D eigenvalue weighted by atomic mass is 32.1. The molecule has 6 nitrogen and oxygen atoms in total. The van der Waals surface area contributed by atoms with Crippen molar-refractivity contribution in [3.63, 3.8) is 0 Å². The third-order valence-electron chi connectivity index (χ3n) is 5.65. The first kappa shape index (κ1) is 19.0. The topological polar surface area (TPSA) is 62.5 Å². The first-order chi connectivity index (χ1) is 14.6. The van der Waals surface area contributed by atoms with Gasteiger partial charge in [0.25, 0.3) is 5.91 Å². The van der Waals surface area contributed by atoms with E-state index in [1.165, 1.54) is 6.42 Å². The molecule has 3 aromatic heterocycles. The molecule has 1 amide bonds. The van der Waals surface area contributed by atoms with E-state index >= 15 is 0 Å². The molecule has 0 aliphatic carbocycles. The molecule has 1 N–H and O–H groups in total. The molecular weight excluding hydrogens is 394 g/mol. The van der Waals surface area contributed by atoms with Gasteiger partial charge < -0.3 is 9.72 Å². The number of fused-ring (bicyclic) bond motifs is 1. The number of rotatable bonds is 4. The Morgan fingerprint density at radius 3 is 2.67 bits per heavy atom. The maximum Gasteiger partial charge on any atom is 0.255 e. The van der Waals surface area contributed by atoms with Crippen LogP contribution in [0.25, 0.3) is 16.9 Å². The number of hydrogen-bond donors (Lipinski definition) is 1. The van der Waals surface area contributed by atoms with Crippen molar-refractivity contribution in [1.29, 1.82) is 0 Å². The van der Waals surface area contributed by atoms with Gasteiger partial charge in [-0.15, -0.1) is 11.3 Å². The number of benzene rings is 1. The zero-order valence-electron chi connectivity index (χ0n) is 17.0. The summed E-state index contributed by atoms with van der Waals surface area (Å²) >= 11 is 1.62. The van der Waals surface area contributed by atoms with Gasteiger partial charge in [0.05, 0.1) is 28.1 Å². The normalized spacial score (nSPS) is 16.9. The minimum absolute atomic E-state index is 0.133. The molecule has 1 aromatic carbocycles. The molecule has 1 atom stereocenters. The molecule has 30 heavy (non-hydrogen) atoms. The quantitative estimate of drug-likeness (QED) is 0.519. The van der Waals surface area contributed by atoms with E-state index < -0.39 is 0 Å². The van der Waals surface area contributed by atoms with Crippen molar-refractivity contribution in [3.8, 4) is 11.3 Å². The molecule has 4 heterocycles. The second-order valence-electron chi connectivity index (χ2n) is 7.77. The zero-order chi connectivity index (χ0) is 20.7. The number of amides is 1. The van der Waals surface area contributed by atoms with Crippen LogP contribution in [0.15, 0.2) is 54.2 Å². The van der Waals surface area contributed by atoms with Crippen LogP contribution in [0, 0.1) is 6.92 Å². The Balaban J connectivity index is 1.32. The first-order valence-electron chi connectivity index (χ1n) is 10.1. The SMILES string of the molecule is Cc1nc(-c2ccc(C(=O)Nc3ccc4nc([C@H]5CCCN5C)cn4c3)cc2)cs1. The van der Waals surface area contributed by atoms with Gasteiger partial charge in [0.2, 0.25) is 0 Å². The smallest absolute Gasteiger partial charge is 0.255 e. The number of aryl methyl sites for hydroxylation is 1. The van der Waals surface area contributed by atoms with E-state index in [2.05, 4.69) is 28.4 Å². The summed E-state index contributed by atoms with van der Waals surface area (Å²) in [5.74, 6) is -0.133. The van der Waals surface area contributed by atoms with Crippen LogP contribution in [0.2, 0.25) is 0 Å². The van der Waals surface area contributed by atoms with E-state index in [1.807, 2.05) is 59.3 Å². The van der Waals surface area contributed by atoms with Crippen LogP contribution in [0.4, 0.5) is 5.69 Å². The average molecular weight is 418 g/mol. The van der Waals surface area contributed by atoms with Crippen LogP contribution in [-0.4, -0.2) is 38.8 Å². The molecule has 7 heteroatoms. The predicted octanol–water partition coefficient (Wildman–Crippen LogP) is 4.79. The minimum atomic E-state index is -0.133. The second kappa shape index (κ2) is 7.66. The Morgan fingerprint density at radius 1 is 1.13 bits per heavy atom. The van der Waals surface area contributed by atoms with E-state index in [4.69, 9.17) is 4.98 Å². The van der Waals surface area contributed by atoms with Gasteiger partial charge in [0.1, 0.15) is 5.65 Å². The maximum absolute atomic E-state index is 12.7. The average Bonchev–Trinajstić information content (AvgIpc) is 3.47. The number of likely N-dealkylation sites (tertiary alicyclic amines) is 1. The molecule has 0 bridgehead atoms. The second-order valence-corrected chi connectivity index (χ2v) is 8.83. The molecule has 5 rings (SSSR count). The monoisotopic (exact) mass is 417 g/mol. The molecule has 0 radical (unpaired) electrons. The van der Waals surface area contributed by atoms with Gasteiger partial charge in [-0.1, -0.05) is 12.1 Å². The van der Waals surface area contributed by atoms with Gasteiger partial charge in [0.15, 0.2) is 0 Å². The van der Waals surface area contributed by atoms with Crippen LogP contribution < -0.4 is 5.32 Å². The Labute approximate surface area is 179 Å². The maximum atomic E-state index is 12.7. The summed E-state index contributed by atoms with van der Waals surface area (Å²) in [4.78, 5) is 24.3. The number of hydrogen-bond acceptors (Lipinski definition) is 5. The Kier molecular flexibility index (Phi) is 4.84. The number of carbonyl (C=O) groups is 1. The van der Waals surface area contributed by atoms with Crippen LogP contribution in [0.3, 0.4) is 0 Å². The molecular formula is C23H23N5OS. The Morgan fingerprint density at radius 2 is 1.97 bits per heavy atom. The molecule has 4 aromatic rings. The van der Waals surface area contributed by atoms with Crippen molar-refractivity contribution in [2.24, 2.45) is 0 Å². The fourth-order valence-electron chi connectivity index (χ4n) is 4.02. The van der Waals surface area contributed by atoms with Gasteiger partial charge in [-0.2, -0.15) is 0 Å². The van der Waals surface area contributed by atoms with Crippen molar-refractivity contribution < 1.29 is 4.79 Å². The number of imidazole rings is 1. The lowest BCUT2D eigenvalue weighted by Crippen LogP contribution is -2.17. The van der Waals surface area contributed by atoms with Crippen LogP contribution in [0.5, 0.6) is 0 Å². The third kappa shape index (κ3) is 3.62. The number of nitrogens with one attached hydrogen (secondary N) is 1. The van der Waals surface area contributed by atoms with Crippen LogP contribution in [0.1, 0.15) is 39.9 Å². The van der Waals surface area contributed by atoms with E-state index in [0.29, 0.717) is 11.6 Å². The summed E-state index contributed by atoms with van der Waals surface area (Å²) in [6, 6.07) is 11.8. The molecule has 0 spiro atoms. The van der Waals surface area contributed by atoms with Gasteiger partial charge in [-0.25, -0.2) is 9.97 Å². The largest absolute Gasteiger partial charge is 0.321 e. The van der Waals surface area contributed by atoms with E-state index in [1.54, 1.807) is 11.3 Å². The van der Waals surface area contributed by atoms with Crippen molar-refractivity contribution in [2.45, 2.75) is 25.8 Å². The number of aromatic nitrogens is 3. The number of pyridine rings is 1. The van der Waals surface area contributed by atoms with Crippen molar-refractivity contribution in [1.82, 2.24) is 19.3 Å². The van der Waals surface area contributed by atoms with Gasteiger partial charge in [-0.3, -0.25) is 9.69 Å². The fraction of sp³-hybridized carbons (Fsp3) is 0.261. The summed E-state index contributed by atoms with van der Waals surface area (Å²) in [5.41, 5.74) is 5.30. The number of thiazole rings is 1. The lowest BCUT2D eigenvalue weighted by atomic mass is 10.1. The van der Waals surface area contributed by atoms with Gasteiger partial charge in [0, 0.05) is 28.9 Å². The van der Waals surface area contributed by atoms with E-state index in [-0.39, 0.29) is 5.91 Å². The molecule has 1 fully saturated rings. The molecule has 152 valence electrons. The summed E-state index contributed by atoms with van der Waals surface area (Å²) in [6.07, 6.45) is 6.34. The minimum Gasteiger partial charge on any atom is -0.321 e. The lowest BCUT2D eigenvalue weighted by molar-refractivity contribution is 0.102. The summed E-state index contributed by atoms with van der Waals surface area (Å²) in [5, 5.41) is 6.05. The number of carbonyl (C=O) groups excluding carboxylic acids is 1. The number of anilines is 1. The third-order valence-corrected chi connectivity index (χ3v) is 6.42. The van der Waals surface area contributed by atoms with Crippen molar-refractivity contribution >= 4 is 28.6 Å². The predicted molar refractivity (Wildman–Crippen MR) is 120 cm³/mol. The highest BCUT2D eigenvalue weighted by molar-refractivity contribution is 7.09. The number of nitrogens with zero attached hydrogens (tertiary/aromatic N) is 4. The highest BCUT2D eigenvalue weighted by Gasteiger charge is 2.24. The van der Waals surface area contributed by atoms with Crippen molar-refractivity contribution in [3.05, 3.63) is 70.4 Å². The van der Waals surface area contributed by atoms with Crippen LogP contribution >= 0.6 is 11.3 Å². The molecule has 1 saturated heterocycles. The molecule has 1 aliphatic rings. The van der Waals surface area contributed by atoms with Gasteiger partial charge >= 0.3 is 0 Å². The molecule has 0 unspecified atom stereocenters. The molecule has 1 aliphatic heterocycles. The molecule has 0 saturated carbocycles. The van der Waals surface area contributed by atoms with E-state index in [0.717, 1.165) is 46.3 Å². The fourth-order valence-corrected chi connectivity index (χ4v) is 4.64. The van der Waals surface area contributed by atoms with Crippen molar-refractivity contribution in [2.75, 3.05) is 18.9 Å². The van der Waals surface area contributed by atoms with Crippen LogP contribution in [-0.2, 0) is 0 Å². The zero-order valence-corrected chi connectivity index (χ0v) is 17.8. The summed E-state index contributed by atoms with van der Waals surface area (Å²) < 4.78 is 1.99. The van der Waals surface area contributed by atoms with Gasteiger partial charge in [-0.05, 0) is 57.6 Å². The Bertz CT molecular complexity index is 1210. The lowest BCUT2D eigenvalue weighted by Gasteiger charge is -2.16. The first-order valence-corrected chi connectivity index (χ1v) is 11.0. The summed E-state index contributed by atoms with van der Waals surface area (Å²) in [6.45, 7) is 3.10.